The Morgan fingerprint density at radius 1 is 0.415 bits per heavy atom. The van der Waals surface area contributed by atoms with Crippen LogP contribution in [0.15, 0.2) is 186 Å². The molecule has 0 saturated heterocycles. The lowest BCUT2D eigenvalue weighted by Gasteiger charge is -2.28. The van der Waals surface area contributed by atoms with Crippen LogP contribution in [-0.2, 0) is 5.41 Å². The van der Waals surface area contributed by atoms with Crippen LogP contribution in [0, 0.1) is 0 Å². The summed E-state index contributed by atoms with van der Waals surface area (Å²) in [4.78, 5) is 2.35. The molecule has 53 heavy (non-hydrogen) atoms. The number of hydrogen-bond donors (Lipinski definition) is 0. The Balaban J connectivity index is 1.02. The average molecular weight is 680 g/mol. The molecule has 8 aromatic carbocycles. The Hall–Kier alpha value is -6.64. The molecule has 0 fully saturated rings. The zero-order valence-corrected chi connectivity index (χ0v) is 29.8. The maximum Gasteiger partial charge on any atom is 0.135 e. The summed E-state index contributed by atoms with van der Waals surface area (Å²) in [5.74, 6) is 0. The van der Waals surface area contributed by atoms with Crippen LogP contribution in [0.2, 0.25) is 0 Å². The Labute approximate surface area is 309 Å². The van der Waals surface area contributed by atoms with Gasteiger partial charge in [-0.15, -0.1) is 0 Å². The Morgan fingerprint density at radius 2 is 0.943 bits per heavy atom. The van der Waals surface area contributed by atoms with Gasteiger partial charge in [0.25, 0.3) is 0 Å². The van der Waals surface area contributed by atoms with Gasteiger partial charge in [-0.2, -0.15) is 0 Å². The number of furan rings is 1. The van der Waals surface area contributed by atoms with Crippen molar-refractivity contribution < 1.29 is 4.42 Å². The van der Waals surface area contributed by atoms with Crippen LogP contribution in [0.5, 0.6) is 0 Å². The summed E-state index contributed by atoms with van der Waals surface area (Å²) >= 11 is 0. The average Bonchev–Trinajstić information content (AvgIpc) is 3.72. The van der Waals surface area contributed by atoms with E-state index in [9.17, 15) is 0 Å². The van der Waals surface area contributed by atoms with Crippen molar-refractivity contribution in [2.45, 2.75) is 19.3 Å². The molecule has 0 aliphatic heterocycles. The molecule has 252 valence electrons. The molecule has 0 spiro atoms. The molecule has 0 N–H and O–H groups in total. The van der Waals surface area contributed by atoms with Crippen LogP contribution in [-0.4, -0.2) is 0 Å². The number of nitrogens with zero attached hydrogens (tertiary/aromatic N) is 1. The summed E-state index contributed by atoms with van der Waals surface area (Å²) in [5, 5.41) is 4.78. The molecular weight excluding hydrogens is 643 g/mol. The normalized spacial score (nSPS) is 13.4. The summed E-state index contributed by atoms with van der Waals surface area (Å²) in [5.41, 5.74) is 15.1. The van der Waals surface area contributed by atoms with Crippen LogP contribution < -0.4 is 4.90 Å². The van der Waals surface area contributed by atoms with Crippen molar-refractivity contribution in [2.24, 2.45) is 0 Å². The number of allylic oxidation sites excluding steroid dienone is 1. The third kappa shape index (κ3) is 5.34. The molecule has 10 rings (SSSR count). The maximum absolute atomic E-state index is 6.11. The standard InChI is InChI=1S/C51H37NO/c1-51(2)47-13-7-5-11-41(47)33-48(51)37-21-28-44(29-22-37)52(42-24-17-35(18-25-42)39-16-15-34-9-3-4-10-38(34)31-39)43-26-19-36(20-27-43)40-23-30-50-46(32-40)45-12-6-8-14-49(45)53-50/h3-33H,1-2H3. The first kappa shape index (κ1) is 31.1. The molecule has 1 aliphatic rings. The van der Waals surface area contributed by atoms with Gasteiger partial charge in [0.05, 0.1) is 0 Å². The van der Waals surface area contributed by atoms with Gasteiger partial charge >= 0.3 is 0 Å². The van der Waals surface area contributed by atoms with E-state index in [1.807, 2.05) is 12.1 Å². The monoisotopic (exact) mass is 679 g/mol. The number of rotatable bonds is 6. The molecular formula is C51H37NO. The molecule has 1 aliphatic carbocycles. The van der Waals surface area contributed by atoms with Crippen molar-refractivity contribution in [1.29, 1.82) is 0 Å². The summed E-state index contributed by atoms with van der Waals surface area (Å²) in [6, 6.07) is 65.7. The van der Waals surface area contributed by atoms with Crippen LogP contribution >= 0.6 is 0 Å². The first-order chi connectivity index (χ1) is 26.0. The van der Waals surface area contributed by atoms with Gasteiger partial charge < -0.3 is 9.32 Å². The molecule has 0 atom stereocenters. The second-order valence-corrected chi connectivity index (χ2v) is 14.6. The zero-order chi connectivity index (χ0) is 35.5. The van der Waals surface area contributed by atoms with E-state index in [1.165, 1.54) is 49.7 Å². The largest absolute Gasteiger partial charge is 0.456 e. The highest BCUT2D eigenvalue weighted by Gasteiger charge is 2.33. The van der Waals surface area contributed by atoms with Gasteiger partial charge in [-0.1, -0.05) is 135 Å². The Morgan fingerprint density at radius 3 is 1.64 bits per heavy atom. The van der Waals surface area contributed by atoms with Crippen LogP contribution in [0.25, 0.3) is 66.6 Å². The SMILES string of the molecule is CC1(C)C(c2ccc(N(c3ccc(-c4ccc5ccccc5c4)cc3)c3ccc(-c4ccc5oc6ccccc6c5c4)cc3)cc2)=Cc2ccccc21. The molecule has 2 heteroatoms. The van der Waals surface area contributed by atoms with Crippen molar-refractivity contribution in [1.82, 2.24) is 0 Å². The molecule has 1 heterocycles. The zero-order valence-electron chi connectivity index (χ0n) is 29.8. The van der Waals surface area contributed by atoms with Crippen molar-refractivity contribution >= 4 is 61.4 Å². The number of hydrogen-bond acceptors (Lipinski definition) is 2. The van der Waals surface area contributed by atoms with E-state index in [4.69, 9.17) is 4.42 Å². The van der Waals surface area contributed by atoms with E-state index in [1.54, 1.807) is 0 Å². The summed E-state index contributed by atoms with van der Waals surface area (Å²) in [7, 11) is 0. The Bertz CT molecular complexity index is 2840. The minimum Gasteiger partial charge on any atom is -0.456 e. The third-order valence-electron chi connectivity index (χ3n) is 11.1. The smallest absolute Gasteiger partial charge is 0.135 e. The van der Waals surface area contributed by atoms with Crippen molar-refractivity contribution in [3.63, 3.8) is 0 Å². The molecule has 9 aromatic rings. The number of para-hydroxylation sites is 1. The highest BCUT2D eigenvalue weighted by Crippen LogP contribution is 2.47. The molecule has 1 aromatic heterocycles. The fourth-order valence-electron chi connectivity index (χ4n) is 8.23. The summed E-state index contributed by atoms with van der Waals surface area (Å²) in [6.45, 7) is 4.66. The third-order valence-corrected chi connectivity index (χ3v) is 11.1. The van der Waals surface area contributed by atoms with Crippen LogP contribution in [0.1, 0.15) is 30.5 Å². The van der Waals surface area contributed by atoms with Gasteiger partial charge in [-0.25, -0.2) is 0 Å². The van der Waals surface area contributed by atoms with Crippen molar-refractivity contribution in [3.8, 4) is 22.3 Å². The van der Waals surface area contributed by atoms with Gasteiger partial charge in [0.2, 0.25) is 0 Å². The van der Waals surface area contributed by atoms with Gasteiger partial charge in [0.1, 0.15) is 11.2 Å². The van der Waals surface area contributed by atoms with E-state index in [2.05, 4.69) is 195 Å². The number of anilines is 3. The quantitative estimate of drug-likeness (QED) is 0.174. The van der Waals surface area contributed by atoms with Gasteiger partial charge in [0, 0.05) is 33.2 Å². The minimum absolute atomic E-state index is 0.0576. The predicted molar refractivity (Wildman–Crippen MR) is 224 cm³/mol. The van der Waals surface area contributed by atoms with E-state index >= 15 is 0 Å². The topological polar surface area (TPSA) is 16.4 Å². The molecule has 0 saturated carbocycles. The summed E-state index contributed by atoms with van der Waals surface area (Å²) < 4.78 is 6.11. The first-order valence-corrected chi connectivity index (χ1v) is 18.3. The second kappa shape index (κ2) is 12.3. The Kier molecular flexibility index (Phi) is 7.19. The second-order valence-electron chi connectivity index (χ2n) is 14.6. The van der Waals surface area contributed by atoms with Gasteiger partial charge in [-0.3, -0.25) is 0 Å². The van der Waals surface area contributed by atoms with E-state index in [0.717, 1.165) is 44.6 Å². The lowest BCUT2D eigenvalue weighted by atomic mass is 9.78. The number of benzene rings is 8. The van der Waals surface area contributed by atoms with E-state index < -0.39 is 0 Å². The first-order valence-electron chi connectivity index (χ1n) is 18.3. The highest BCUT2D eigenvalue weighted by atomic mass is 16.3. The number of fused-ring (bicyclic) bond motifs is 5. The predicted octanol–water partition coefficient (Wildman–Crippen LogP) is 14.4. The molecule has 2 nitrogen and oxygen atoms in total. The summed E-state index contributed by atoms with van der Waals surface area (Å²) in [6.07, 6.45) is 2.36. The van der Waals surface area contributed by atoms with Crippen LogP contribution in [0.3, 0.4) is 0 Å². The lowest BCUT2D eigenvalue weighted by molar-refractivity contribution is 0.669. The van der Waals surface area contributed by atoms with Crippen LogP contribution in [0.4, 0.5) is 17.1 Å². The molecule has 0 bridgehead atoms. The maximum atomic E-state index is 6.11. The molecule has 0 unspecified atom stereocenters. The highest BCUT2D eigenvalue weighted by molar-refractivity contribution is 6.06. The van der Waals surface area contributed by atoms with Gasteiger partial charge in [-0.05, 0) is 122 Å². The van der Waals surface area contributed by atoms with Crippen molar-refractivity contribution in [3.05, 3.63) is 199 Å². The fraction of sp³-hybridized carbons (Fsp3) is 0.0588. The minimum atomic E-state index is -0.0576. The molecule has 0 radical (unpaired) electrons. The lowest BCUT2D eigenvalue weighted by Crippen LogP contribution is -2.16. The van der Waals surface area contributed by atoms with E-state index in [-0.39, 0.29) is 5.41 Å². The van der Waals surface area contributed by atoms with E-state index in [0.29, 0.717) is 0 Å². The van der Waals surface area contributed by atoms with Gasteiger partial charge in [0.15, 0.2) is 0 Å². The van der Waals surface area contributed by atoms with Crippen molar-refractivity contribution in [2.75, 3.05) is 4.90 Å². The molecule has 0 amide bonds. The fourth-order valence-corrected chi connectivity index (χ4v) is 8.23.